The third-order valence-corrected chi connectivity index (χ3v) is 8.53. The molecule has 2 heterocycles. The van der Waals surface area contributed by atoms with Crippen molar-refractivity contribution in [1.82, 2.24) is 36.2 Å². The van der Waals surface area contributed by atoms with Gasteiger partial charge >= 0.3 is 0 Å². The molecule has 2 aromatic carbocycles. The SMILES string of the molecule is CC(C)(C)C(=O)N[C@@H](Cc1cnc[nH]1)C(=O)N[C@@H](Cc1ccccc1)C(=O)N[C@@H](CCCN=C(N)N)C(=O)N[C@@H](Cc1c[nH]c2ccccc12)C(N)=O. The summed E-state index contributed by atoms with van der Waals surface area (Å²) < 4.78 is 0. The first-order valence-electron chi connectivity index (χ1n) is 17.3. The Morgan fingerprint density at radius 2 is 1.38 bits per heavy atom. The predicted molar refractivity (Wildman–Crippen MR) is 201 cm³/mol. The Hall–Kier alpha value is -6.19. The van der Waals surface area contributed by atoms with E-state index in [4.69, 9.17) is 17.2 Å². The number of fused-ring (bicyclic) bond motifs is 1. The number of aromatic amines is 2. The van der Waals surface area contributed by atoms with Gasteiger partial charge in [-0.05, 0) is 30.0 Å². The Balaban J connectivity index is 1.58. The molecule has 16 nitrogen and oxygen atoms in total. The van der Waals surface area contributed by atoms with Crippen LogP contribution in [0.4, 0.5) is 0 Å². The molecule has 53 heavy (non-hydrogen) atoms. The number of nitrogens with one attached hydrogen (secondary N) is 6. The summed E-state index contributed by atoms with van der Waals surface area (Å²) >= 11 is 0. The largest absolute Gasteiger partial charge is 0.370 e. The molecule has 0 aliphatic heterocycles. The van der Waals surface area contributed by atoms with Gasteiger partial charge in [0.2, 0.25) is 29.5 Å². The second-order valence-corrected chi connectivity index (χ2v) is 13.8. The fourth-order valence-electron chi connectivity index (χ4n) is 5.59. The normalized spacial score (nSPS) is 13.6. The minimum absolute atomic E-state index is 0.0647. The number of carbonyl (C=O) groups is 5. The number of guanidine groups is 1. The summed E-state index contributed by atoms with van der Waals surface area (Å²) in [5.41, 5.74) is 18.9. The number of benzene rings is 2. The van der Waals surface area contributed by atoms with E-state index >= 15 is 0 Å². The van der Waals surface area contributed by atoms with Crippen LogP contribution in [0.25, 0.3) is 10.9 Å². The standard InChI is InChI=1S/C37H49N11O5/c1-37(2,3)35(53)48-30(18-24-20-41-21-44-24)34(52)47-29(16-22-10-5-4-6-11-22)33(51)45-27(14-9-15-42-36(39)40)32(50)46-28(31(38)49)17-23-19-43-26-13-8-7-12-25(23)26/h4-8,10-13,19-21,27-30,43H,9,14-18H2,1-3H3,(H2,38,49)(H,41,44)(H,45,51)(H,46,50)(H,47,52)(H,48,53)(H4,39,40,42)/t27-,28-,29-,30-/m0/s1. The average molecular weight is 728 g/mol. The monoisotopic (exact) mass is 727 g/mol. The van der Waals surface area contributed by atoms with Crippen molar-refractivity contribution in [3.8, 4) is 0 Å². The molecule has 0 saturated heterocycles. The molecule has 16 heteroatoms. The average Bonchev–Trinajstić information content (AvgIpc) is 3.78. The first-order valence-corrected chi connectivity index (χ1v) is 17.3. The van der Waals surface area contributed by atoms with Gasteiger partial charge in [-0.2, -0.15) is 0 Å². The molecule has 282 valence electrons. The predicted octanol–water partition coefficient (Wildman–Crippen LogP) is 0.443. The zero-order valence-corrected chi connectivity index (χ0v) is 30.1. The summed E-state index contributed by atoms with van der Waals surface area (Å²) in [5.74, 6) is -3.20. The number of aliphatic imine (C=N–C) groups is 1. The lowest BCUT2D eigenvalue weighted by molar-refractivity contribution is -0.135. The van der Waals surface area contributed by atoms with Gasteiger partial charge in [0.05, 0.1) is 6.33 Å². The van der Waals surface area contributed by atoms with Crippen molar-refractivity contribution in [2.45, 2.75) is 77.0 Å². The summed E-state index contributed by atoms with van der Waals surface area (Å²) in [4.78, 5) is 81.5. The van der Waals surface area contributed by atoms with Crippen LogP contribution >= 0.6 is 0 Å². The number of primary amides is 1. The highest BCUT2D eigenvalue weighted by molar-refractivity contribution is 5.96. The van der Waals surface area contributed by atoms with E-state index in [0.29, 0.717) is 12.1 Å². The van der Waals surface area contributed by atoms with E-state index in [0.717, 1.165) is 22.0 Å². The lowest BCUT2D eigenvalue weighted by Crippen LogP contribution is -2.59. The quantitative estimate of drug-likeness (QED) is 0.0393. The van der Waals surface area contributed by atoms with Crippen LogP contribution in [-0.2, 0) is 43.2 Å². The first kappa shape index (κ1) is 39.6. The molecular formula is C37H49N11O5. The van der Waals surface area contributed by atoms with Crippen LogP contribution < -0.4 is 38.5 Å². The maximum Gasteiger partial charge on any atom is 0.243 e. The topological polar surface area (TPSA) is 268 Å². The number of nitrogens with two attached hydrogens (primary N) is 3. The summed E-state index contributed by atoms with van der Waals surface area (Å²) in [7, 11) is 0. The highest BCUT2D eigenvalue weighted by Crippen LogP contribution is 2.19. The van der Waals surface area contributed by atoms with Gasteiger partial charge in [0.25, 0.3) is 0 Å². The van der Waals surface area contributed by atoms with Crippen LogP contribution in [0.3, 0.4) is 0 Å². The number of imidazole rings is 1. The summed E-state index contributed by atoms with van der Waals surface area (Å²) in [6.45, 7) is 5.34. The Bertz CT molecular complexity index is 1880. The fourth-order valence-corrected chi connectivity index (χ4v) is 5.59. The molecule has 0 saturated carbocycles. The fraction of sp³-hybridized carbons (Fsp3) is 0.378. The van der Waals surface area contributed by atoms with Crippen molar-refractivity contribution >= 4 is 46.4 Å². The summed E-state index contributed by atoms with van der Waals surface area (Å²) in [6.07, 6.45) is 5.38. The Morgan fingerprint density at radius 1 is 0.755 bits per heavy atom. The number of nitrogens with zero attached hydrogens (tertiary/aromatic N) is 2. The first-order chi connectivity index (χ1) is 25.2. The summed E-state index contributed by atoms with van der Waals surface area (Å²) in [6, 6.07) is 12.0. The molecule has 0 radical (unpaired) electrons. The number of para-hydroxylation sites is 1. The number of aromatic nitrogens is 3. The van der Waals surface area contributed by atoms with Crippen molar-refractivity contribution in [3.63, 3.8) is 0 Å². The van der Waals surface area contributed by atoms with Crippen LogP contribution in [0, 0.1) is 5.41 Å². The van der Waals surface area contributed by atoms with Crippen LogP contribution in [0.15, 0.2) is 78.3 Å². The van der Waals surface area contributed by atoms with Crippen LogP contribution in [0.2, 0.25) is 0 Å². The molecular weight excluding hydrogens is 678 g/mol. The Morgan fingerprint density at radius 3 is 2.02 bits per heavy atom. The van der Waals surface area contributed by atoms with Gasteiger partial charge in [0, 0.05) is 60.2 Å². The third kappa shape index (κ3) is 11.9. The molecule has 5 amide bonds. The second kappa shape index (κ2) is 18.3. The molecule has 0 aliphatic carbocycles. The lowest BCUT2D eigenvalue weighted by atomic mass is 9.94. The number of hydrogen-bond acceptors (Lipinski definition) is 7. The molecule has 4 aromatic rings. The third-order valence-electron chi connectivity index (χ3n) is 8.53. The van der Waals surface area contributed by atoms with E-state index in [1.165, 1.54) is 6.33 Å². The zero-order valence-electron chi connectivity index (χ0n) is 30.1. The molecule has 12 N–H and O–H groups in total. The van der Waals surface area contributed by atoms with E-state index in [2.05, 4.69) is 41.2 Å². The molecule has 2 aromatic heterocycles. The molecule has 0 aliphatic rings. The minimum atomic E-state index is -1.17. The van der Waals surface area contributed by atoms with Crippen molar-refractivity contribution in [3.05, 3.63) is 90.1 Å². The van der Waals surface area contributed by atoms with Gasteiger partial charge in [-0.1, -0.05) is 69.3 Å². The molecule has 4 rings (SSSR count). The van der Waals surface area contributed by atoms with Gasteiger partial charge in [0.1, 0.15) is 24.2 Å². The molecule has 0 bridgehead atoms. The number of H-pyrrole nitrogens is 2. The van der Waals surface area contributed by atoms with Crippen molar-refractivity contribution in [2.75, 3.05) is 6.54 Å². The van der Waals surface area contributed by atoms with Crippen LogP contribution in [0.5, 0.6) is 0 Å². The highest BCUT2D eigenvalue weighted by Gasteiger charge is 2.33. The molecule has 0 spiro atoms. The van der Waals surface area contributed by atoms with E-state index in [1.807, 2.05) is 30.3 Å². The maximum atomic E-state index is 14.1. The maximum absolute atomic E-state index is 14.1. The second-order valence-electron chi connectivity index (χ2n) is 13.8. The summed E-state index contributed by atoms with van der Waals surface area (Å²) in [5, 5.41) is 12.0. The number of amides is 5. The van der Waals surface area contributed by atoms with Gasteiger partial charge in [-0.3, -0.25) is 29.0 Å². The van der Waals surface area contributed by atoms with Crippen molar-refractivity contribution in [2.24, 2.45) is 27.6 Å². The molecule has 4 atom stereocenters. The number of rotatable bonds is 18. The highest BCUT2D eigenvalue weighted by atomic mass is 16.2. The lowest BCUT2D eigenvalue weighted by Gasteiger charge is -2.27. The van der Waals surface area contributed by atoms with Gasteiger partial charge in [-0.15, -0.1) is 0 Å². The number of hydrogen-bond donors (Lipinski definition) is 9. The molecule has 0 unspecified atom stereocenters. The smallest absolute Gasteiger partial charge is 0.243 e. The van der Waals surface area contributed by atoms with Gasteiger partial charge in [-0.25, -0.2) is 4.98 Å². The van der Waals surface area contributed by atoms with E-state index in [9.17, 15) is 24.0 Å². The van der Waals surface area contributed by atoms with E-state index < -0.39 is 53.2 Å². The Kier molecular flexibility index (Phi) is 13.7. The molecule has 0 fully saturated rings. The van der Waals surface area contributed by atoms with E-state index in [1.54, 1.807) is 57.4 Å². The van der Waals surface area contributed by atoms with Crippen LogP contribution in [-0.4, -0.2) is 81.2 Å². The zero-order chi connectivity index (χ0) is 38.5. The van der Waals surface area contributed by atoms with Crippen LogP contribution in [0.1, 0.15) is 50.4 Å². The van der Waals surface area contributed by atoms with Gasteiger partial charge < -0.3 is 48.4 Å². The van der Waals surface area contributed by atoms with E-state index in [-0.39, 0.29) is 44.1 Å². The Labute approximate surface area is 307 Å². The number of carbonyl (C=O) groups excluding carboxylic acids is 5. The van der Waals surface area contributed by atoms with Gasteiger partial charge in [0.15, 0.2) is 5.96 Å². The minimum Gasteiger partial charge on any atom is -0.370 e. The van der Waals surface area contributed by atoms with Crippen molar-refractivity contribution in [1.29, 1.82) is 0 Å². The van der Waals surface area contributed by atoms with Crippen molar-refractivity contribution < 1.29 is 24.0 Å².